The van der Waals surface area contributed by atoms with Crippen molar-refractivity contribution in [1.29, 1.82) is 0 Å². The summed E-state index contributed by atoms with van der Waals surface area (Å²) in [6, 6.07) is 7.52. The molecule has 0 saturated heterocycles. The van der Waals surface area contributed by atoms with Crippen molar-refractivity contribution in [2.45, 2.75) is 45.1 Å². The lowest BCUT2D eigenvalue weighted by atomic mass is 9.94. The monoisotopic (exact) mass is 278 g/mol. The lowest BCUT2D eigenvalue weighted by molar-refractivity contribution is 0.353. The van der Waals surface area contributed by atoms with Crippen LogP contribution in [0.15, 0.2) is 24.3 Å². The van der Waals surface area contributed by atoms with Gasteiger partial charge in [-0.1, -0.05) is 19.3 Å². The number of nitrogens with zero attached hydrogens (tertiary/aromatic N) is 1. The zero-order chi connectivity index (χ0) is 14.4. The molecule has 0 bridgehead atoms. The predicted molar refractivity (Wildman–Crippen MR) is 83.7 cm³/mol. The van der Waals surface area contributed by atoms with Gasteiger partial charge < -0.3 is 10.2 Å². The largest absolute Gasteiger partial charge is 0.371 e. The van der Waals surface area contributed by atoms with Crippen LogP contribution in [0.3, 0.4) is 0 Å². The number of hydrogen-bond donors (Lipinski definition) is 1. The van der Waals surface area contributed by atoms with Crippen LogP contribution in [0.1, 0.15) is 39.0 Å². The molecule has 1 aromatic rings. The fraction of sp³-hybridized carbons (Fsp3) is 0.647. The number of nitrogens with one attached hydrogen (secondary N) is 1. The molecule has 2 unspecified atom stereocenters. The Bertz CT molecular complexity index is 390. The van der Waals surface area contributed by atoms with Gasteiger partial charge in [-0.05, 0) is 57.0 Å². The summed E-state index contributed by atoms with van der Waals surface area (Å²) >= 11 is 0. The fourth-order valence-corrected chi connectivity index (χ4v) is 3.34. The average molecular weight is 278 g/mol. The van der Waals surface area contributed by atoms with E-state index in [9.17, 15) is 4.39 Å². The van der Waals surface area contributed by atoms with E-state index in [0.29, 0.717) is 12.0 Å². The number of halogens is 1. The van der Waals surface area contributed by atoms with E-state index in [1.165, 1.54) is 32.1 Å². The van der Waals surface area contributed by atoms with E-state index in [2.05, 4.69) is 24.2 Å². The molecule has 1 fully saturated rings. The third kappa shape index (κ3) is 3.95. The first-order valence-corrected chi connectivity index (χ1v) is 7.92. The average Bonchev–Trinajstić information content (AvgIpc) is 2.70. The van der Waals surface area contributed by atoms with Gasteiger partial charge >= 0.3 is 0 Å². The Labute approximate surface area is 122 Å². The second-order valence-electron chi connectivity index (χ2n) is 5.81. The van der Waals surface area contributed by atoms with Gasteiger partial charge in [-0.25, -0.2) is 4.39 Å². The first-order chi connectivity index (χ1) is 9.74. The quantitative estimate of drug-likeness (QED) is 0.824. The summed E-state index contributed by atoms with van der Waals surface area (Å²) in [5.74, 6) is 0.528. The maximum absolute atomic E-state index is 13.1. The van der Waals surface area contributed by atoms with Crippen LogP contribution < -0.4 is 10.2 Å². The molecule has 0 spiro atoms. The molecular formula is C17H27FN2. The molecule has 0 radical (unpaired) electrons. The molecule has 1 aliphatic carbocycles. The maximum atomic E-state index is 13.1. The van der Waals surface area contributed by atoms with Crippen molar-refractivity contribution in [3.8, 4) is 0 Å². The number of hydrogen-bond acceptors (Lipinski definition) is 2. The Balaban J connectivity index is 2.05. The van der Waals surface area contributed by atoms with Gasteiger partial charge in [0.1, 0.15) is 5.82 Å². The number of rotatable bonds is 5. The molecule has 20 heavy (non-hydrogen) atoms. The summed E-state index contributed by atoms with van der Waals surface area (Å²) in [4.78, 5) is 2.37. The summed E-state index contributed by atoms with van der Waals surface area (Å²) in [7, 11) is 2.08. The van der Waals surface area contributed by atoms with Crippen LogP contribution >= 0.6 is 0 Å². The highest BCUT2D eigenvalue weighted by Gasteiger charge is 2.24. The van der Waals surface area contributed by atoms with E-state index in [0.717, 1.165) is 18.8 Å². The standard InChI is InChI=1S/C17H27FN2/c1-3-20(16-11-9-15(18)10-12-16)13-14-7-5-4-6-8-17(14)19-2/h9-12,14,17,19H,3-8,13H2,1-2H3. The van der Waals surface area contributed by atoms with Crippen molar-refractivity contribution < 1.29 is 4.39 Å². The van der Waals surface area contributed by atoms with Crippen LogP contribution in [0.5, 0.6) is 0 Å². The molecule has 3 heteroatoms. The molecule has 2 atom stereocenters. The summed E-state index contributed by atoms with van der Waals surface area (Å²) in [5, 5.41) is 3.50. The first-order valence-electron chi connectivity index (χ1n) is 7.92. The minimum atomic E-state index is -0.160. The van der Waals surface area contributed by atoms with E-state index in [1.807, 2.05) is 12.1 Å². The van der Waals surface area contributed by atoms with Gasteiger partial charge in [0.25, 0.3) is 0 Å². The Morgan fingerprint density at radius 3 is 2.50 bits per heavy atom. The minimum absolute atomic E-state index is 0.160. The molecule has 1 aliphatic rings. The van der Waals surface area contributed by atoms with Gasteiger partial charge in [0.2, 0.25) is 0 Å². The molecule has 1 aromatic carbocycles. The van der Waals surface area contributed by atoms with Crippen LogP contribution in [-0.2, 0) is 0 Å². The van der Waals surface area contributed by atoms with Gasteiger partial charge in [-0.15, -0.1) is 0 Å². The minimum Gasteiger partial charge on any atom is -0.371 e. The second kappa shape index (κ2) is 7.63. The topological polar surface area (TPSA) is 15.3 Å². The van der Waals surface area contributed by atoms with Crippen LogP contribution in [0, 0.1) is 11.7 Å². The summed E-state index contributed by atoms with van der Waals surface area (Å²) in [5.41, 5.74) is 1.13. The van der Waals surface area contributed by atoms with Crippen LogP contribution in [-0.4, -0.2) is 26.2 Å². The molecular weight excluding hydrogens is 251 g/mol. The van der Waals surface area contributed by atoms with Gasteiger partial charge in [0.15, 0.2) is 0 Å². The SMILES string of the molecule is CCN(CC1CCCCCC1NC)c1ccc(F)cc1. The molecule has 1 N–H and O–H groups in total. The second-order valence-corrected chi connectivity index (χ2v) is 5.81. The highest BCUT2D eigenvalue weighted by Crippen LogP contribution is 2.26. The van der Waals surface area contributed by atoms with E-state index in [-0.39, 0.29) is 5.82 Å². The Morgan fingerprint density at radius 2 is 1.85 bits per heavy atom. The molecule has 112 valence electrons. The van der Waals surface area contributed by atoms with Crippen LogP contribution in [0.2, 0.25) is 0 Å². The van der Waals surface area contributed by atoms with Crippen molar-refractivity contribution in [3.63, 3.8) is 0 Å². The van der Waals surface area contributed by atoms with Crippen LogP contribution in [0.4, 0.5) is 10.1 Å². The van der Waals surface area contributed by atoms with Crippen molar-refractivity contribution >= 4 is 5.69 Å². The summed E-state index contributed by atoms with van der Waals surface area (Å²) in [6.45, 7) is 4.21. The van der Waals surface area contributed by atoms with E-state index >= 15 is 0 Å². The molecule has 0 aromatic heterocycles. The zero-order valence-electron chi connectivity index (χ0n) is 12.7. The lowest BCUT2D eigenvalue weighted by Gasteiger charge is -2.32. The smallest absolute Gasteiger partial charge is 0.123 e. The third-order valence-corrected chi connectivity index (χ3v) is 4.56. The van der Waals surface area contributed by atoms with Crippen molar-refractivity contribution in [2.24, 2.45) is 5.92 Å². The Kier molecular flexibility index (Phi) is 5.84. The first kappa shape index (κ1) is 15.3. The molecule has 2 nitrogen and oxygen atoms in total. The predicted octanol–water partition coefficient (Wildman–Crippen LogP) is 3.82. The maximum Gasteiger partial charge on any atom is 0.123 e. The van der Waals surface area contributed by atoms with E-state index in [1.54, 1.807) is 12.1 Å². The highest BCUT2D eigenvalue weighted by molar-refractivity contribution is 5.46. The molecule has 0 amide bonds. The Hall–Kier alpha value is -1.09. The van der Waals surface area contributed by atoms with Gasteiger partial charge in [-0.2, -0.15) is 0 Å². The molecule has 0 aliphatic heterocycles. The van der Waals surface area contributed by atoms with Crippen molar-refractivity contribution in [1.82, 2.24) is 5.32 Å². The third-order valence-electron chi connectivity index (χ3n) is 4.56. The van der Waals surface area contributed by atoms with E-state index < -0.39 is 0 Å². The van der Waals surface area contributed by atoms with Gasteiger partial charge in [-0.3, -0.25) is 0 Å². The molecule has 1 saturated carbocycles. The number of anilines is 1. The lowest BCUT2D eigenvalue weighted by Crippen LogP contribution is -2.40. The van der Waals surface area contributed by atoms with Gasteiger partial charge in [0.05, 0.1) is 0 Å². The van der Waals surface area contributed by atoms with Crippen molar-refractivity contribution in [3.05, 3.63) is 30.1 Å². The summed E-state index contributed by atoms with van der Waals surface area (Å²) in [6.07, 6.45) is 6.61. The normalized spacial score (nSPS) is 23.4. The van der Waals surface area contributed by atoms with Gasteiger partial charge in [0, 0.05) is 24.8 Å². The zero-order valence-corrected chi connectivity index (χ0v) is 12.7. The summed E-state index contributed by atoms with van der Waals surface area (Å²) < 4.78 is 13.1. The Morgan fingerprint density at radius 1 is 1.15 bits per heavy atom. The number of benzene rings is 1. The fourth-order valence-electron chi connectivity index (χ4n) is 3.34. The molecule has 0 heterocycles. The van der Waals surface area contributed by atoms with Crippen molar-refractivity contribution in [2.75, 3.05) is 25.0 Å². The van der Waals surface area contributed by atoms with E-state index in [4.69, 9.17) is 0 Å². The van der Waals surface area contributed by atoms with Crippen LogP contribution in [0.25, 0.3) is 0 Å². The molecule has 2 rings (SSSR count). The highest BCUT2D eigenvalue weighted by atomic mass is 19.1.